The molecule has 1 aromatic carbocycles. The number of ether oxygens (including phenoxy) is 2. The number of nitrogens with zero attached hydrogens (tertiary/aromatic N) is 4. The molecule has 0 radical (unpaired) electrons. The highest BCUT2D eigenvalue weighted by atomic mass is 32.1. The number of nitrogens with one attached hydrogen (secondary N) is 1. The van der Waals surface area contributed by atoms with E-state index in [1.807, 2.05) is 24.5 Å². The molecule has 3 fully saturated rings. The lowest BCUT2D eigenvalue weighted by atomic mass is 9.78. The topological polar surface area (TPSA) is 98.7 Å². The lowest BCUT2D eigenvalue weighted by molar-refractivity contribution is -0.125. The van der Waals surface area contributed by atoms with Gasteiger partial charge in [0.1, 0.15) is 6.61 Å². The summed E-state index contributed by atoms with van der Waals surface area (Å²) in [6.07, 6.45) is 8.99. The van der Waals surface area contributed by atoms with Gasteiger partial charge in [0.2, 0.25) is 5.91 Å². The van der Waals surface area contributed by atoms with E-state index in [4.69, 9.17) is 13.9 Å². The highest BCUT2D eigenvalue weighted by Crippen LogP contribution is 2.40. The Hall–Kier alpha value is -2.28. The molecule has 3 heterocycles. The second-order valence-corrected chi connectivity index (χ2v) is 19.5. The van der Waals surface area contributed by atoms with E-state index in [0.717, 1.165) is 79.8 Å². The average molecular weight is 624 g/mol. The van der Waals surface area contributed by atoms with Gasteiger partial charge in [0.15, 0.2) is 19.3 Å². The van der Waals surface area contributed by atoms with E-state index >= 15 is 0 Å². The summed E-state index contributed by atoms with van der Waals surface area (Å²) in [5.41, 5.74) is 2.83. The fourth-order valence-electron chi connectivity index (χ4n) is 5.94. The summed E-state index contributed by atoms with van der Waals surface area (Å²) in [4.78, 5) is 29.2. The van der Waals surface area contributed by atoms with Crippen molar-refractivity contribution in [2.45, 2.75) is 95.9 Å². The second-order valence-electron chi connectivity index (χ2n) is 13.7. The lowest BCUT2D eigenvalue weighted by Crippen LogP contribution is -2.51. The molecule has 0 bridgehead atoms. The van der Waals surface area contributed by atoms with Crippen molar-refractivity contribution in [2.24, 2.45) is 5.92 Å². The monoisotopic (exact) mass is 623 g/mol. The molecule has 6 rings (SSSR count). The summed E-state index contributed by atoms with van der Waals surface area (Å²) < 4.78 is 19.4. The maximum absolute atomic E-state index is 12.9. The van der Waals surface area contributed by atoms with Crippen LogP contribution in [0, 0.1) is 5.92 Å². The zero-order valence-corrected chi connectivity index (χ0v) is 27.9. The third kappa shape index (κ3) is 7.02. The highest BCUT2D eigenvalue weighted by molar-refractivity contribution is 7.22. The molecular weight excluding hydrogens is 579 g/mol. The van der Waals surface area contributed by atoms with Crippen molar-refractivity contribution in [3.8, 4) is 11.1 Å². The minimum absolute atomic E-state index is 0.0549. The first kappa shape index (κ1) is 30.7. The molecule has 1 saturated heterocycles. The fourth-order valence-corrected chi connectivity index (χ4v) is 8.23. The van der Waals surface area contributed by atoms with Gasteiger partial charge in [-0.2, -0.15) is 0 Å². The number of thiazole rings is 1. The fraction of sp³-hybridized carbons (Fsp3) is 0.625. The van der Waals surface area contributed by atoms with Crippen molar-refractivity contribution >= 4 is 40.9 Å². The Bertz CT molecular complexity index is 1410. The van der Waals surface area contributed by atoms with Crippen LogP contribution >= 0.6 is 11.3 Å². The number of morpholine rings is 1. The molecular formula is C32H45N5O4SSi. The molecule has 43 heavy (non-hydrogen) atoms. The van der Waals surface area contributed by atoms with Crippen LogP contribution in [0.15, 0.2) is 30.6 Å². The molecule has 1 amide bonds. The molecule has 3 aliphatic rings. The van der Waals surface area contributed by atoms with Gasteiger partial charge in [0, 0.05) is 43.0 Å². The molecule has 0 spiro atoms. The van der Waals surface area contributed by atoms with Crippen LogP contribution < -0.4 is 5.32 Å². The maximum atomic E-state index is 12.9. The molecule has 2 saturated carbocycles. The van der Waals surface area contributed by atoms with Gasteiger partial charge in [0.25, 0.3) is 0 Å². The van der Waals surface area contributed by atoms with E-state index < -0.39 is 8.32 Å². The number of carbonyl (C=O) groups is 1. The van der Waals surface area contributed by atoms with Gasteiger partial charge in [-0.1, -0.05) is 38.2 Å². The molecule has 0 unspecified atom stereocenters. The number of anilines is 1. The quantitative estimate of drug-likeness (QED) is 0.279. The van der Waals surface area contributed by atoms with E-state index in [-0.39, 0.29) is 29.1 Å². The summed E-state index contributed by atoms with van der Waals surface area (Å²) in [5.74, 6) is 0.808. The first-order chi connectivity index (χ1) is 20.6. The first-order valence-electron chi connectivity index (χ1n) is 15.7. The van der Waals surface area contributed by atoms with E-state index in [1.54, 1.807) is 0 Å². The summed E-state index contributed by atoms with van der Waals surface area (Å²) in [7, 11) is -1.85. The van der Waals surface area contributed by atoms with Gasteiger partial charge in [-0.05, 0) is 67.9 Å². The number of benzene rings is 1. The van der Waals surface area contributed by atoms with Crippen LogP contribution in [0.3, 0.4) is 0 Å². The normalized spacial score (nSPS) is 25.1. The number of rotatable bonds is 9. The Morgan fingerprint density at radius 1 is 1.09 bits per heavy atom. The van der Waals surface area contributed by atoms with E-state index in [2.05, 4.69) is 65.1 Å². The standard InChI is InChI=1S/C32H45N5O4SSi/c1-32(2,3)43(4,5)41-27-8-6-7-26(27)40-20-29-33-18-23(19-34-29)21-9-10-25-28(17-21)42-31(35-25)36-30(38)22-15-24(16-22)37-11-13-39-14-12-37/h9-10,17-19,22,24,26-27H,6-8,11-16,20H2,1-5H3,(H,35,36,38)/t22?,24?,26-,27-/m0/s1. The number of fused-ring (bicyclic) bond motifs is 1. The minimum Gasteiger partial charge on any atom is -0.411 e. The van der Waals surface area contributed by atoms with Crippen LogP contribution in [0.25, 0.3) is 21.3 Å². The lowest BCUT2D eigenvalue weighted by Gasteiger charge is -2.43. The predicted octanol–water partition coefficient (Wildman–Crippen LogP) is 6.26. The van der Waals surface area contributed by atoms with Gasteiger partial charge < -0.3 is 19.2 Å². The van der Waals surface area contributed by atoms with Crippen LogP contribution in [0.5, 0.6) is 0 Å². The molecule has 3 aromatic rings. The molecule has 2 aromatic heterocycles. The molecule has 1 N–H and O–H groups in total. The van der Waals surface area contributed by atoms with Gasteiger partial charge in [-0.25, -0.2) is 15.0 Å². The maximum Gasteiger partial charge on any atom is 0.229 e. The third-order valence-electron chi connectivity index (χ3n) is 9.77. The zero-order valence-electron chi connectivity index (χ0n) is 26.1. The molecule has 9 nitrogen and oxygen atoms in total. The van der Waals surface area contributed by atoms with Crippen LogP contribution in [-0.2, 0) is 25.3 Å². The Balaban J connectivity index is 1.02. The highest BCUT2D eigenvalue weighted by Gasteiger charge is 2.42. The SMILES string of the molecule is CC(C)(C)[Si](C)(C)O[C@H]1CCC[C@@H]1OCc1ncc(-c2ccc3nc(NC(=O)C4CC(N5CCOCC5)C4)sc3c2)cn1. The Labute approximate surface area is 259 Å². The van der Waals surface area contributed by atoms with Gasteiger partial charge in [0.05, 0.1) is 35.6 Å². The Morgan fingerprint density at radius 3 is 2.53 bits per heavy atom. The van der Waals surface area contributed by atoms with Crippen LogP contribution in [-0.4, -0.2) is 78.6 Å². The van der Waals surface area contributed by atoms with Gasteiger partial charge in [-0.3, -0.25) is 9.69 Å². The van der Waals surface area contributed by atoms with Crippen molar-refractivity contribution in [1.29, 1.82) is 0 Å². The van der Waals surface area contributed by atoms with E-state index in [1.165, 1.54) is 11.3 Å². The third-order valence-corrected chi connectivity index (χ3v) is 15.2. The van der Waals surface area contributed by atoms with Gasteiger partial charge >= 0.3 is 0 Å². The molecule has 2 aliphatic carbocycles. The van der Waals surface area contributed by atoms with Crippen molar-refractivity contribution in [2.75, 3.05) is 31.6 Å². The zero-order chi connectivity index (χ0) is 30.2. The van der Waals surface area contributed by atoms with Crippen LogP contribution in [0.4, 0.5) is 5.13 Å². The largest absolute Gasteiger partial charge is 0.411 e. The van der Waals surface area contributed by atoms with Crippen LogP contribution in [0.1, 0.15) is 58.7 Å². The molecule has 1 aliphatic heterocycles. The number of aromatic nitrogens is 3. The molecule has 232 valence electrons. The van der Waals surface area contributed by atoms with Gasteiger partial charge in [-0.15, -0.1) is 0 Å². The van der Waals surface area contributed by atoms with Crippen molar-refractivity contribution in [3.63, 3.8) is 0 Å². The molecule has 2 atom stereocenters. The first-order valence-corrected chi connectivity index (χ1v) is 19.4. The average Bonchev–Trinajstić information content (AvgIpc) is 3.56. The van der Waals surface area contributed by atoms with E-state index in [9.17, 15) is 4.79 Å². The molecule has 11 heteroatoms. The van der Waals surface area contributed by atoms with E-state index in [0.29, 0.717) is 23.6 Å². The van der Waals surface area contributed by atoms with Crippen LogP contribution in [0.2, 0.25) is 18.1 Å². The number of carbonyl (C=O) groups excluding carboxylic acids is 1. The Morgan fingerprint density at radius 2 is 1.81 bits per heavy atom. The van der Waals surface area contributed by atoms with Crippen molar-refractivity contribution in [1.82, 2.24) is 19.9 Å². The number of hydrogen-bond donors (Lipinski definition) is 1. The minimum atomic E-state index is -1.85. The number of hydrogen-bond acceptors (Lipinski definition) is 9. The summed E-state index contributed by atoms with van der Waals surface area (Å²) in [5, 5.41) is 3.90. The smallest absolute Gasteiger partial charge is 0.229 e. The number of amides is 1. The summed E-state index contributed by atoms with van der Waals surface area (Å²) in [6.45, 7) is 15.3. The van der Waals surface area contributed by atoms with Crippen molar-refractivity contribution < 1.29 is 18.7 Å². The summed E-state index contributed by atoms with van der Waals surface area (Å²) >= 11 is 1.51. The second kappa shape index (κ2) is 12.6. The summed E-state index contributed by atoms with van der Waals surface area (Å²) in [6, 6.07) is 6.62. The predicted molar refractivity (Wildman–Crippen MR) is 173 cm³/mol. The Kier molecular flexibility index (Phi) is 9.01. The van der Waals surface area contributed by atoms with Crippen molar-refractivity contribution in [3.05, 3.63) is 36.4 Å².